The summed E-state index contributed by atoms with van der Waals surface area (Å²) in [5.41, 5.74) is 11.7. The van der Waals surface area contributed by atoms with E-state index in [0.717, 1.165) is 10.9 Å². The van der Waals surface area contributed by atoms with Gasteiger partial charge in [0.15, 0.2) is 0 Å². The van der Waals surface area contributed by atoms with E-state index in [1.54, 1.807) is 11.3 Å². The van der Waals surface area contributed by atoms with Gasteiger partial charge in [-0.15, -0.1) is 11.3 Å². The van der Waals surface area contributed by atoms with Crippen molar-refractivity contribution in [3.05, 3.63) is 68.5 Å². The third-order valence-corrected chi connectivity index (χ3v) is 5.98. The molecule has 2 N–H and O–H groups in total. The summed E-state index contributed by atoms with van der Waals surface area (Å²) in [4.78, 5) is 0. The molecule has 3 rings (SSSR count). The molecule has 108 valence electrons. The van der Waals surface area contributed by atoms with E-state index in [2.05, 4.69) is 71.6 Å². The molecule has 1 heterocycles. The Labute approximate surface area is 137 Å². The molecule has 0 bridgehead atoms. The van der Waals surface area contributed by atoms with Crippen molar-refractivity contribution >= 4 is 37.4 Å². The molecule has 0 radical (unpaired) electrons. The van der Waals surface area contributed by atoms with E-state index < -0.39 is 0 Å². The van der Waals surface area contributed by atoms with Gasteiger partial charge in [-0.05, 0) is 75.3 Å². The fourth-order valence-corrected chi connectivity index (χ4v) is 4.31. The molecule has 3 heteroatoms. The minimum atomic E-state index is 0.0372. The first-order valence-electron chi connectivity index (χ1n) is 7.03. The van der Waals surface area contributed by atoms with Crippen LogP contribution in [0.4, 0.5) is 0 Å². The Hall–Kier alpha value is -1.16. The summed E-state index contributed by atoms with van der Waals surface area (Å²) in [7, 11) is 0. The molecular formula is C18H18BrNS. The van der Waals surface area contributed by atoms with Crippen LogP contribution in [0.2, 0.25) is 0 Å². The normalized spacial score (nSPS) is 12.8. The lowest BCUT2D eigenvalue weighted by molar-refractivity contribution is 0.729. The number of aryl methyl sites for hydroxylation is 2. The molecule has 0 fully saturated rings. The maximum Gasteiger partial charge on any atom is 0.0488 e. The van der Waals surface area contributed by atoms with Crippen molar-refractivity contribution in [2.45, 2.75) is 26.3 Å². The third-order valence-electron chi connectivity index (χ3n) is 4.01. The number of thiophene rings is 1. The Morgan fingerprint density at radius 1 is 1.14 bits per heavy atom. The smallest absolute Gasteiger partial charge is 0.0488 e. The lowest BCUT2D eigenvalue weighted by Gasteiger charge is -2.12. The molecule has 0 aliphatic rings. The van der Waals surface area contributed by atoms with Gasteiger partial charge in [0.05, 0.1) is 0 Å². The van der Waals surface area contributed by atoms with Crippen LogP contribution in [0.15, 0.2) is 46.3 Å². The first-order valence-corrected chi connectivity index (χ1v) is 8.71. The number of halogens is 1. The quantitative estimate of drug-likeness (QED) is 0.654. The summed E-state index contributed by atoms with van der Waals surface area (Å²) in [6.45, 7) is 4.30. The first-order chi connectivity index (χ1) is 10.1. The Balaban J connectivity index is 1.91. The summed E-state index contributed by atoms with van der Waals surface area (Å²) in [5.74, 6) is 0. The molecule has 0 aliphatic heterocycles. The highest BCUT2D eigenvalue weighted by molar-refractivity contribution is 9.10. The van der Waals surface area contributed by atoms with Gasteiger partial charge in [-0.1, -0.05) is 30.3 Å². The molecule has 0 aliphatic carbocycles. The molecule has 21 heavy (non-hydrogen) atoms. The Kier molecular flexibility index (Phi) is 4.16. The van der Waals surface area contributed by atoms with Crippen molar-refractivity contribution < 1.29 is 0 Å². The molecule has 0 spiro atoms. The zero-order chi connectivity index (χ0) is 15.0. The average Bonchev–Trinajstić information content (AvgIpc) is 2.88. The highest BCUT2D eigenvalue weighted by Crippen LogP contribution is 2.35. The molecule has 0 saturated heterocycles. The predicted molar refractivity (Wildman–Crippen MR) is 96.1 cm³/mol. The fraction of sp³-hybridized carbons (Fsp3) is 0.222. The fourth-order valence-electron chi connectivity index (χ4n) is 2.62. The van der Waals surface area contributed by atoms with Gasteiger partial charge in [0.1, 0.15) is 0 Å². The molecule has 3 aromatic rings. The summed E-state index contributed by atoms with van der Waals surface area (Å²) in [6, 6.07) is 13.0. The van der Waals surface area contributed by atoms with Crippen LogP contribution in [0.25, 0.3) is 10.1 Å². The Morgan fingerprint density at radius 2 is 1.95 bits per heavy atom. The lowest BCUT2D eigenvalue weighted by atomic mass is 9.97. The van der Waals surface area contributed by atoms with Gasteiger partial charge < -0.3 is 5.73 Å². The van der Waals surface area contributed by atoms with Crippen molar-refractivity contribution in [2.24, 2.45) is 5.73 Å². The number of nitrogens with two attached hydrogens (primary N) is 1. The average molecular weight is 360 g/mol. The van der Waals surface area contributed by atoms with Crippen LogP contribution in [0, 0.1) is 13.8 Å². The number of fused-ring (bicyclic) bond motifs is 1. The van der Waals surface area contributed by atoms with Crippen LogP contribution < -0.4 is 5.73 Å². The van der Waals surface area contributed by atoms with E-state index in [0.29, 0.717) is 0 Å². The summed E-state index contributed by atoms with van der Waals surface area (Å²) in [5, 5.41) is 3.46. The molecular weight excluding hydrogens is 342 g/mol. The minimum absolute atomic E-state index is 0.0372. The monoisotopic (exact) mass is 359 g/mol. The van der Waals surface area contributed by atoms with Gasteiger partial charge in [0, 0.05) is 15.2 Å². The van der Waals surface area contributed by atoms with Crippen molar-refractivity contribution in [1.29, 1.82) is 0 Å². The van der Waals surface area contributed by atoms with Gasteiger partial charge in [-0.2, -0.15) is 0 Å². The van der Waals surface area contributed by atoms with Gasteiger partial charge in [-0.25, -0.2) is 0 Å². The van der Waals surface area contributed by atoms with Crippen LogP contribution >= 0.6 is 27.3 Å². The maximum atomic E-state index is 6.47. The van der Waals surface area contributed by atoms with Crippen LogP contribution in [-0.4, -0.2) is 0 Å². The molecule has 0 saturated carbocycles. The number of hydrogen-bond donors (Lipinski definition) is 1. The Bertz CT molecular complexity index is 791. The van der Waals surface area contributed by atoms with Gasteiger partial charge >= 0.3 is 0 Å². The topological polar surface area (TPSA) is 26.0 Å². The van der Waals surface area contributed by atoms with Crippen LogP contribution in [0.3, 0.4) is 0 Å². The maximum absolute atomic E-state index is 6.47. The summed E-state index contributed by atoms with van der Waals surface area (Å²) < 4.78 is 2.43. The van der Waals surface area contributed by atoms with Crippen molar-refractivity contribution in [3.8, 4) is 0 Å². The summed E-state index contributed by atoms with van der Waals surface area (Å²) in [6.07, 6.45) is 0.874. The van der Waals surface area contributed by atoms with E-state index in [9.17, 15) is 0 Å². The zero-order valence-electron chi connectivity index (χ0n) is 12.2. The van der Waals surface area contributed by atoms with Crippen molar-refractivity contribution in [1.82, 2.24) is 0 Å². The second-order valence-corrected chi connectivity index (χ2v) is 7.27. The first kappa shape index (κ1) is 14.8. The van der Waals surface area contributed by atoms with E-state index in [1.165, 1.54) is 32.3 Å². The third kappa shape index (κ3) is 2.91. The van der Waals surface area contributed by atoms with Crippen molar-refractivity contribution in [2.75, 3.05) is 0 Å². The minimum Gasteiger partial charge on any atom is -0.324 e. The van der Waals surface area contributed by atoms with Crippen LogP contribution in [0.1, 0.15) is 28.3 Å². The van der Waals surface area contributed by atoms with Gasteiger partial charge in [0.25, 0.3) is 0 Å². The number of hydrogen-bond acceptors (Lipinski definition) is 2. The largest absolute Gasteiger partial charge is 0.324 e. The van der Waals surface area contributed by atoms with Crippen LogP contribution in [0.5, 0.6) is 0 Å². The second kappa shape index (κ2) is 5.91. The molecule has 1 nitrogen and oxygen atoms in total. The standard InChI is InChI=1S/C18H18BrNS/c1-11-6-7-13(8-12(11)2)9-17(20)15-10-21-18-14(15)4-3-5-16(18)19/h3-8,10,17H,9,20H2,1-2H3. The molecule has 0 amide bonds. The highest BCUT2D eigenvalue weighted by atomic mass is 79.9. The van der Waals surface area contributed by atoms with E-state index in [4.69, 9.17) is 5.73 Å². The predicted octanol–water partition coefficient (Wildman–Crippen LogP) is 5.52. The van der Waals surface area contributed by atoms with Gasteiger partial charge in [0.2, 0.25) is 0 Å². The molecule has 1 aromatic heterocycles. The zero-order valence-corrected chi connectivity index (χ0v) is 14.6. The van der Waals surface area contributed by atoms with Crippen molar-refractivity contribution in [3.63, 3.8) is 0 Å². The summed E-state index contributed by atoms with van der Waals surface area (Å²) >= 11 is 5.37. The number of benzene rings is 2. The van der Waals surface area contributed by atoms with E-state index >= 15 is 0 Å². The number of rotatable bonds is 3. The lowest BCUT2D eigenvalue weighted by Crippen LogP contribution is -2.13. The SMILES string of the molecule is Cc1ccc(CC(N)c2csc3c(Br)cccc23)cc1C. The molecule has 2 aromatic carbocycles. The van der Waals surface area contributed by atoms with Gasteiger partial charge in [-0.3, -0.25) is 0 Å². The highest BCUT2D eigenvalue weighted by Gasteiger charge is 2.14. The van der Waals surface area contributed by atoms with E-state index in [1.807, 2.05) is 0 Å². The Morgan fingerprint density at radius 3 is 2.71 bits per heavy atom. The van der Waals surface area contributed by atoms with Crippen LogP contribution in [-0.2, 0) is 6.42 Å². The second-order valence-electron chi connectivity index (χ2n) is 5.54. The molecule has 1 atom stereocenters. The van der Waals surface area contributed by atoms with E-state index in [-0.39, 0.29) is 6.04 Å². The molecule has 1 unspecified atom stereocenters.